The number of fused-ring (bicyclic) bond motifs is 2. The second kappa shape index (κ2) is 50.2. The number of carbonyl (C=O) groups excluding carboxylic acids is 6. The number of amides is 4. The lowest BCUT2D eigenvalue weighted by Gasteiger charge is -2.44. The SMILES string of the molecule is CC1(C)S[C@@H]2[C@H](NC(=O)Cc3ccccc3)C(=O)N2[C@H]1C(=O)O.CC1(C)S[C@@H]2[C@H](NC(=O)Cc3ccccc3)C(=O)N2[C@H]1C(=O)O.C[NH2+][C@@H]1[C@H](O[C@H]2[C@H](O[C@H]3[C@H](O)[C@@H](O)[C@H]([NH2+]C(=N)N)[C@@H](O)[C@@H]3[NH2+]C(=N)N)O[C@@H](C)[C@]2(O)C=O)O[C@@H](CO)[C@H](O)[C@H]1O.C[NH2+][C@@H]1[C@H](O[C@H]2[C@H](O[C@H]3[C@H](O)[C@@H](O)[C@H]([NH2+]C(=N)N)[C@@H](O)[C@@H]3[NH2+]C(=N)N)O[C@@H](C)[C@]2(O)C=O)O[C@@H](CO)[C@H](O)[C@H]1O.O=S(=O)([O-])[O-].O=S(=O)([O-])[O-].O=S(=O)([O-])[O-]. The number of hydrogen-bond donors (Lipinski definition) is 32. The lowest BCUT2D eigenvalue weighted by atomic mass is 9.81. The van der Waals surface area contributed by atoms with Crippen molar-refractivity contribution in [3.8, 4) is 0 Å². The van der Waals surface area contributed by atoms with Crippen LogP contribution >= 0.6 is 23.5 Å². The fourth-order valence-electron chi connectivity index (χ4n) is 17.2. The summed E-state index contributed by atoms with van der Waals surface area (Å²) >= 11 is 2.85. The summed E-state index contributed by atoms with van der Waals surface area (Å²) < 4.78 is 147. The summed E-state index contributed by atoms with van der Waals surface area (Å²) in [5, 5.41) is 209. The van der Waals surface area contributed by atoms with Gasteiger partial charge in [0.05, 0.1) is 52.4 Å². The van der Waals surface area contributed by atoms with Crippen LogP contribution in [0.25, 0.3) is 0 Å². The number of carbonyl (C=O) groups is 8. The molecule has 0 aromatic heterocycles. The van der Waals surface area contributed by atoms with E-state index in [0.29, 0.717) is 0 Å². The van der Waals surface area contributed by atoms with Gasteiger partial charge in [-0.3, -0.25) is 75.3 Å². The fourth-order valence-corrected chi connectivity index (χ4v) is 20.4. The van der Waals surface area contributed by atoms with Gasteiger partial charge < -0.3 is 201 Å². The van der Waals surface area contributed by atoms with Crippen molar-refractivity contribution in [3.63, 3.8) is 0 Å². The van der Waals surface area contributed by atoms with E-state index in [2.05, 4.69) is 10.6 Å². The van der Waals surface area contributed by atoms with Crippen molar-refractivity contribution >= 4 is 127 Å². The van der Waals surface area contributed by atoms with E-state index < -0.39 is 296 Å². The molecule has 8 aliphatic heterocycles. The number of guanidine groups is 4. The normalized spacial score (nSPS) is 37.4. The number of nitrogens with one attached hydrogen (secondary N) is 6. The number of rotatable bonds is 26. The summed E-state index contributed by atoms with van der Waals surface area (Å²) in [4.78, 5) is 98.5. The Morgan fingerprint density at radius 2 is 0.723 bits per heavy atom. The molecule has 12 rings (SSSR count). The van der Waals surface area contributed by atoms with Crippen molar-refractivity contribution < 1.29 is 242 Å². The van der Waals surface area contributed by atoms with Crippen LogP contribution < -0.4 is 65.5 Å². The van der Waals surface area contributed by atoms with Crippen LogP contribution in [-0.4, -0.2) is 470 Å². The topological polar surface area (TPSA) is 1100 Å². The number of benzene rings is 2. The highest BCUT2D eigenvalue weighted by molar-refractivity contribution is 8.02. The largest absolute Gasteiger partial charge is 0.759 e. The van der Waals surface area contributed by atoms with Gasteiger partial charge in [-0.25, -0.2) is 31.2 Å². The first kappa shape index (κ1) is 121. The van der Waals surface area contributed by atoms with E-state index in [1.54, 1.807) is 14.1 Å². The number of aliphatic hydroxyl groups is 14. The third-order valence-corrected chi connectivity index (χ3v) is 27.1. The fraction of sp³-hybridized carbons (Fsp3) is 0.676. The Hall–Kier alpha value is -8.33. The number of aliphatic hydroxyl groups excluding tert-OH is 12. The van der Waals surface area contributed by atoms with Crippen LogP contribution in [0.1, 0.15) is 52.7 Å². The van der Waals surface area contributed by atoms with Crippen LogP contribution in [0.5, 0.6) is 0 Å². The van der Waals surface area contributed by atoms with E-state index in [9.17, 15) is 120 Å². The Labute approximate surface area is 810 Å². The first-order valence-electron chi connectivity index (χ1n) is 42.1. The van der Waals surface area contributed by atoms with Crippen molar-refractivity contribution in [2.75, 3.05) is 27.3 Å². The Kier molecular flexibility index (Phi) is 43.2. The summed E-state index contributed by atoms with van der Waals surface area (Å²) in [5.74, 6) is -5.12. The molecule has 800 valence electrons. The zero-order chi connectivity index (χ0) is 107. The smallest absolute Gasteiger partial charge is 0.327 e. The van der Waals surface area contributed by atoms with Gasteiger partial charge in [-0.1, -0.05) is 60.7 Å². The molecule has 2 aromatic rings. The van der Waals surface area contributed by atoms with Crippen molar-refractivity contribution in [1.29, 1.82) is 21.6 Å². The number of aldehydes is 2. The number of thioether (sulfide) groups is 2. The molecule has 2 saturated carbocycles. The number of quaternary nitrogens is 6. The molecule has 0 radical (unpaired) electrons. The third kappa shape index (κ3) is 30.9. The Morgan fingerprint density at radius 1 is 0.454 bits per heavy atom. The molecule has 42 N–H and O–H groups in total. The number of likely N-dealkylation sites (N-methyl/N-ethyl adjacent to an activating group) is 2. The standard InChI is InChI=1S/2C21H39N7O12.2C16H18N2O4S.3H2O4S/c2*1-5-21(36,4-30)16(40-17-9(26-2)13(34)10(31)6(3-29)38-17)18(37-5)39-15-8(28-20(24)25)11(32)7(27-19(22)23)12(33)14(15)35;2*1-16(2)12(15(21)22)18-13(20)11(14(18)23-16)17-10(19)8-9-6-4-3-5-7-9;3*1-5(2,3)4/h2*4-18,26,29,31-36H,3H2,1-2H3,(H4,22,23,27)(H4,24,25,28);2*3-7,11-12,14H,8H2,1-2H3,(H,17,19)(H,21,22);3*(H2,1,2,3,4)/t2*5-,6-,7+,8-,9-,10-,11+,12-,13-,14+,15+,16-,17-,18-,21+;2*11-,12+,14-;;;/m0011.../s1. The Balaban J connectivity index is 0.000000280. The number of carboxylic acids is 2. The molecule has 141 heavy (non-hydrogen) atoms. The van der Waals surface area contributed by atoms with Crippen LogP contribution in [-0.2, 0) is 120 Å². The van der Waals surface area contributed by atoms with Gasteiger partial charge in [0.2, 0.25) is 36.2 Å². The maximum absolute atomic E-state index is 12.3. The average Bonchev–Trinajstić information content (AvgIpc) is 1.56. The van der Waals surface area contributed by atoms with Crippen LogP contribution in [0.4, 0.5) is 0 Å². The van der Waals surface area contributed by atoms with E-state index in [1.165, 1.54) is 57.8 Å². The molecule has 4 amide bonds. The first-order valence-corrected chi connectivity index (χ1v) is 47.9. The molecule has 10 fully saturated rings. The molecule has 36 atom stereocenters. The summed E-state index contributed by atoms with van der Waals surface area (Å²) in [6.45, 7) is 8.55. The van der Waals surface area contributed by atoms with Crippen LogP contribution in [0, 0.1) is 21.6 Å². The van der Waals surface area contributed by atoms with E-state index in [0.717, 1.165) is 32.4 Å². The minimum Gasteiger partial charge on any atom is -0.759 e. The highest BCUT2D eigenvalue weighted by Crippen LogP contribution is 2.52. The highest BCUT2D eigenvalue weighted by atomic mass is 32.3. The Morgan fingerprint density at radius 3 is 0.972 bits per heavy atom. The zero-order valence-corrected chi connectivity index (χ0v) is 79.8. The van der Waals surface area contributed by atoms with E-state index in [1.807, 2.05) is 88.4 Å². The summed E-state index contributed by atoms with van der Waals surface area (Å²) in [5.41, 5.74) is 18.8. The maximum Gasteiger partial charge on any atom is 0.327 e. The quantitative estimate of drug-likeness (QED) is 0.0104. The molecule has 2 aromatic carbocycles. The van der Waals surface area contributed by atoms with Crippen molar-refractivity contribution in [2.24, 2.45) is 22.9 Å². The number of β-lactam (4-membered cyclic amide) rings is 2. The second-order valence-corrected chi connectivity index (χ2v) is 40.4. The zero-order valence-electron chi connectivity index (χ0n) is 75.7. The summed E-state index contributed by atoms with van der Waals surface area (Å²) in [7, 11) is -12.4. The number of nitrogens with two attached hydrogens (primary N) is 10. The van der Waals surface area contributed by atoms with Gasteiger partial charge in [0.15, 0.2) is 84.8 Å². The monoisotopic (exact) mass is 2120 g/mol. The van der Waals surface area contributed by atoms with Crippen molar-refractivity contribution in [3.05, 3.63) is 71.8 Å². The van der Waals surface area contributed by atoms with Gasteiger partial charge in [-0.05, 0) is 52.7 Å². The van der Waals surface area contributed by atoms with Gasteiger partial charge in [0.25, 0.3) is 23.8 Å². The number of ether oxygens (including phenoxy) is 8. The van der Waals surface area contributed by atoms with Gasteiger partial charge in [-0.15, -0.1) is 23.5 Å². The number of aliphatic carboxylic acids is 2. The maximum atomic E-state index is 12.3. The molecule has 8 saturated heterocycles. The second-order valence-electron chi connectivity index (χ2n) is 34.4. The summed E-state index contributed by atoms with van der Waals surface area (Å²) in [6, 6.07) is 8.58. The number of carboxylic acid groups (broad SMARTS) is 2. The third-order valence-electron chi connectivity index (χ3n) is 23.9. The highest BCUT2D eigenvalue weighted by Gasteiger charge is 2.69. The van der Waals surface area contributed by atoms with Gasteiger partial charge >= 0.3 is 11.9 Å². The molecule has 62 nitrogen and oxygen atoms in total. The van der Waals surface area contributed by atoms with Crippen molar-refractivity contribution in [2.45, 2.75) is 281 Å². The first-order chi connectivity index (χ1) is 65.0. The Bertz CT molecular complexity index is 4670. The van der Waals surface area contributed by atoms with Gasteiger partial charge in [0.1, 0.15) is 120 Å². The minimum atomic E-state index is -5.17. The predicted molar refractivity (Wildman–Crippen MR) is 459 cm³/mol. The molecule has 2 aliphatic carbocycles. The number of hydrogen-bond acceptors (Lipinski definition) is 48. The lowest BCUT2D eigenvalue weighted by Crippen LogP contribution is -3.08. The van der Waals surface area contributed by atoms with Crippen LogP contribution in [0.3, 0.4) is 0 Å². The van der Waals surface area contributed by atoms with E-state index in [-0.39, 0.29) is 59.8 Å². The van der Waals surface area contributed by atoms with Crippen molar-refractivity contribution in [1.82, 2.24) is 20.4 Å². The molecular weight excluding hydrogens is 2010 g/mol. The molecule has 0 unspecified atom stereocenters. The average molecular weight is 2130 g/mol. The summed E-state index contributed by atoms with van der Waals surface area (Å²) in [6.07, 6.45) is -32.8. The van der Waals surface area contributed by atoms with Gasteiger partial charge in [-0.2, -0.15) is 0 Å². The van der Waals surface area contributed by atoms with E-state index >= 15 is 0 Å². The molecule has 10 aliphatic rings. The molecule has 0 spiro atoms. The van der Waals surface area contributed by atoms with E-state index in [4.69, 9.17) is 135 Å². The van der Waals surface area contributed by atoms with Crippen LogP contribution in [0.15, 0.2) is 60.7 Å². The molecule has 67 heteroatoms. The predicted octanol–water partition coefficient (Wildman–Crippen LogP) is -23.9. The molecule has 8 heterocycles. The number of nitrogens with zero attached hydrogens (tertiary/aromatic N) is 2. The minimum absolute atomic E-state index is 0.159. The molecule has 0 bridgehead atoms. The van der Waals surface area contributed by atoms with Gasteiger partial charge in [0, 0.05) is 40.7 Å². The van der Waals surface area contributed by atoms with Crippen LogP contribution in [0.2, 0.25) is 0 Å². The lowest BCUT2D eigenvalue weighted by molar-refractivity contribution is -0.696. The molecular formula is C74H120N18O44S5.